The Bertz CT molecular complexity index is 610. The van der Waals surface area contributed by atoms with Gasteiger partial charge in [0.25, 0.3) is 0 Å². The topological polar surface area (TPSA) is 46.6 Å². The summed E-state index contributed by atoms with van der Waals surface area (Å²) in [6, 6.07) is 12.8. The van der Waals surface area contributed by atoms with Crippen LogP contribution in [0.15, 0.2) is 47.8 Å². The molecule has 4 nitrogen and oxygen atoms in total. The average molecular weight is 317 g/mol. The number of benzene rings is 1. The minimum Gasteiger partial charge on any atom is -0.453 e. The first-order chi connectivity index (χ1) is 10.6. The Hall–Kier alpha value is -2.14. The number of carbonyl (C=O) groups excluding carboxylic acids is 2. The first-order valence-electron chi connectivity index (χ1n) is 7.09. The van der Waals surface area contributed by atoms with Crippen LogP contribution >= 0.6 is 11.3 Å². The first-order valence-corrected chi connectivity index (χ1v) is 7.97. The zero-order valence-corrected chi connectivity index (χ0v) is 13.5. The van der Waals surface area contributed by atoms with Gasteiger partial charge in [-0.1, -0.05) is 24.3 Å². The van der Waals surface area contributed by atoms with Crippen molar-refractivity contribution < 1.29 is 14.3 Å². The minimum atomic E-state index is -0.343. The lowest BCUT2D eigenvalue weighted by atomic mass is 10.2. The smallest absolute Gasteiger partial charge is 0.338 e. The number of ether oxygens (including phenoxy) is 1. The number of nitrogens with zero attached hydrogens (tertiary/aromatic N) is 1. The van der Waals surface area contributed by atoms with Gasteiger partial charge in [-0.15, -0.1) is 11.3 Å². The van der Waals surface area contributed by atoms with E-state index in [2.05, 4.69) is 0 Å². The van der Waals surface area contributed by atoms with Crippen LogP contribution in [0.5, 0.6) is 0 Å². The second kappa shape index (κ2) is 7.75. The average Bonchev–Trinajstić information content (AvgIpc) is 3.05. The zero-order chi connectivity index (χ0) is 15.9. The molecule has 0 saturated heterocycles. The molecule has 0 saturated carbocycles. The molecule has 0 N–H and O–H groups in total. The van der Waals surface area contributed by atoms with Crippen LogP contribution in [-0.4, -0.2) is 30.4 Å². The van der Waals surface area contributed by atoms with Crippen LogP contribution in [0.25, 0.3) is 0 Å². The predicted octanol–water partition coefficient (Wildman–Crippen LogP) is 3.51. The largest absolute Gasteiger partial charge is 0.453 e. The molecule has 0 fully saturated rings. The summed E-state index contributed by atoms with van der Waals surface area (Å²) in [6.45, 7) is 2.07. The van der Waals surface area contributed by atoms with Gasteiger partial charge in [0.05, 0.1) is 5.56 Å². The van der Waals surface area contributed by atoms with Crippen LogP contribution in [0.2, 0.25) is 0 Å². The van der Waals surface area contributed by atoms with Crippen LogP contribution in [0.4, 0.5) is 0 Å². The van der Waals surface area contributed by atoms with Crippen molar-refractivity contribution in [3.05, 3.63) is 58.3 Å². The molecule has 0 radical (unpaired) electrons. The van der Waals surface area contributed by atoms with Gasteiger partial charge in [0, 0.05) is 31.8 Å². The van der Waals surface area contributed by atoms with E-state index in [0.29, 0.717) is 18.5 Å². The fourth-order valence-electron chi connectivity index (χ4n) is 1.97. The lowest BCUT2D eigenvalue weighted by Gasteiger charge is -2.20. The third-order valence-corrected chi connectivity index (χ3v) is 4.35. The zero-order valence-electron chi connectivity index (χ0n) is 12.7. The standard InChI is InChI=1S/C17H19NO3S/c1-13(19)18(2)11-10-15(16-9-6-12-22-16)21-17(20)14-7-4-3-5-8-14/h3-9,12,15H,10-11H2,1-2H3/t15-/m0/s1. The third kappa shape index (κ3) is 4.43. The maximum atomic E-state index is 12.2. The quantitative estimate of drug-likeness (QED) is 0.766. The van der Waals surface area contributed by atoms with E-state index in [1.54, 1.807) is 47.5 Å². The van der Waals surface area contributed by atoms with E-state index in [9.17, 15) is 9.59 Å². The number of rotatable bonds is 6. The van der Waals surface area contributed by atoms with Crippen LogP contribution < -0.4 is 0 Å². The Kier molecular flexibility index (Phi) is 5.72. The molecule has 1 atom stereocenters. The lowest BCUT2D eigenvalue weighted by molar-refractivity contribution is -0.127. The van der Waals surface area contributed by atoms with E-state index < -0.39 is 0 Å². The van der Waals surface area contributed by atoms with Gasteiger partial charge in [0.1, 0.15) is 6.10 Å². The van der Waals surface area contributed by atoms with Crippen LogP contribution in [0, 0.1) is 0 Å². The number of thiophene rings is 1. The fraction of sp³-hybridized carbons (Fsp3) is 0.294. The number of esters is 1. The summed E-state index contributed by atoms with van der Waals surface area (Å²) < 4.78 is 5.64. The van der Waals surface area contributed by atoms with Crippen molar-refractivity contribution >= 4 is 23.2 Å². The monoisotopic (exact) mass is 317 g/mol. The van der Waals surface area contributed by atoms with E-state index in [0.717, 1.165) is 4.88 Å². The van der Waals surface area contributed by atoms with Gasteiger partial charge in [0.15, 0.2) is 0 Å². The summed E-state index contributed by atoms with van der Waals surface area (Å²) in [4.78, 5) is 26.1. The molecule has 2 rings (SSSR count). The number of amides is 1. The summed E-state index contributed by atoms with van der Waals surface area (Å²) in [6.07, 6.45) is 0.240. The van der Waals surface area contributed by atoms with Gasteiger partial charge in [-0.3, -0.25) is 4.79 Å². The molecule has 0 aliphatic rings. The van der Waals surface area contributed by atoms with Gasteiger partial charge in [0.2, 0.25) is 5.91 Å². The molecule has 0 spiro atoms. The molecule has 0 unspecified atom stereocenters. The van der Waals surface area contributed by atoms with E-state index in [4.69, 9.17) is 4.74 Å². The highest BCUT2D eigenvalue weighted by Gasteiger charge is 2.20. The maximum absolute atomic E-state index is 12.2. The van der Waals surface area contributed by atoms with Crippen LogP contribution in [0.1, 0.15) is 34.7 Å². The fourth-order valence-corrected chi connectivity index (χ4v) is 2.76. The first kappa shape index (κ1) is 16.2. The Morgan fingerprint density at radius 2 is 1.91 bits per heavy atom. The van der Waals surface area contributed by atoms with Crippen LogP contribution in [0.3, 0.4) is 0 Å². The lowest BCUT2D eigenvalue weighted by Crippen LogP contribution is -2.26. The van der Waals surface area contributed by atoms with E-state index in [1.807, 2.05) is 23.6 Å². The number of hydrogen-bond acceptors (Lipinski definition) is 4. The third-order valence-electron chi connectivity index (χ3n) is 3.38. The molecule has 1 heterocycles. The molecule has 0 aliphatic heterocycles. The molecular formula is C17H19NO3S. The molecule has 0 aliphatic carbocycles. The SMILES string of the molecule is CC(=O)N(C)CC[C@H](OC(=O)c1ccccc1)c1cccs1. The molecule has 0 bridgehead atoms. The van der Waals surface area contributed by atoms with Gasteiger partial charge in [-0.2, -0.15) is 0 Å². The van der Waals surface area contributed by atoms with Crippen molar-refractivity contribution in [2.24, 2.45) is 0 Å². The molecule has 2 aromatic rings. The molecule has 1 aromatic heterocycles. The molecule has 5 heteroatoms. The number of hydrogen-bond donors (Lipinski definition) is 0. The highest BCUT2D eigenvalue weighted by molar-refractivity contribution is 7.10. The molecule has 1 amide bonds. The highest BCUT2D eigenvalue weighted by atomic mass is 32.1. The molecule has 22 heavy (non-hydrogen) atoms. The van der Waals surface area contributed by atoms with Gasteiger partial charge >= 0.3 is 5.97 Å². The van der Waals surface area contributed by atoms with Crippen molar-refractivity contribution in [1.29, 1.82) is 0 Å². The molecule has 1 aromatic carbocycles. The van der Waals surface area contributed by atoms with Gasteiger partial charge in [-0.25, -0.2) is 4.79 Å². The van der Waals surface area contributed by atoms with E-state index >= 15 is 0 Å². The normalized spacial score (nSPS) is 11.7. The van der Waals surface area contributed by atoms with Crippen molar-refractivity contribution in [2.75, 3.05) is 13.6 Å². The Morgan fingerprint density at radius 1 is 1.18 bits per heavy atom. The second-order valence-corrected chi connectivity index (χ2v) is 5.98. The summed E-state index contributed by atoms with van der Waals surface area (Å²) >= 11 is 1.55. The van der Waals surface area contributed by atoms with Crippen LogP contribution in [-0.2, 0) is 9.53 Å². The predicted molar refractivity (Wildman–Crippen MR) is 86.8 cm³/mol. The summed E-state index contributed by atoms with van der Waals surface area (Å²) in [5.74, 6) is -0.344. The molecular weight excluding hydrogens is 298 g/mol. The Balaban J connectivity index is 2.05. The van der Waals surface area contributed by atoms with Crippen molar-refractivity contribution in [2.45, 2.75) is 19.4 Å². The van der Waals surface area contributed by atoms with E-state index in [-0.39, 0.29) is 18.0 Å². The van der Waals surface area contributed by atoms with Gasteiger partial charge < -0.3 is 9.64 Å². The maximum Gasteiger partial charge on any atom is 0.338 e. The Labute approximate surface area is 134 Å². The molecule has 116 valence electrons. The van der Waals surface area contributed by atoms with Gasteiger partial charge in [-0.05, 0) is 23.6 Å². The highest BCUT2D eigenvalue weighted by Crippen LogP contribution is 2.27. The summed E-state index contributed by atoms with van der Waals surface area (Å²) in [5.41, 5.74) is 0.531. The second-order valence-electron chi connectivity index (χ2n) is 5.00. The van der Waals surface area contributed by atoms with E-state index in [1.165, 1.54) is 6.92 Å². The minimum absolute atomic E-state index is 0.000634. The van der Waals surface area contributed by atoms with Crippen molar-refractivity contribution in [1.82, 2.24) is 4.90 Å². The summed E-state index contributed by atoms with van der Waals surface area (Å²) in [7, 11) is 1.74. The van der Waals surface area contributed by atoms with Crippen molar-refractivity contribution in [3.63, 3.8) is 0 Å². The van der Waals surface area contributed by atoms with Crippen molar-refractivity contribution in [3.8, 4) is 0 Å². The summed E-state index contributed by atoms with van der Waals surface area (Å²) in [5, 5.41) is 1.95. The Morgan fingerprint density at radius 3 is 2.50 bits per heavy atom. The number of carbonyl (C=O) groups is 2.